The Kier molecular flexibility index (Phi) is 4.05. The first kappa shape index (κ1) is 16.2. The van der Waals surface area contributed by atoms with Crippen molar-refractivity contribution in [2.75, 3.05) is 11.9 Å². The Bertz CT molecular complexity index is 897. The lowest BCUT2D eigenvalue weighted by Gasteiger charge is -2.14. The third-order valence-corrected chi connectivity index (χ3v) is 5.67. The Morgan fingerprint density at radius 2 is 1.92 bits per heavy atom. The Hall–Kier alpha value is -2.25. The van der Waals surface area contributed by atoms with E-state index in [4.69, 9.17) is 11.6 Å². The number of amides is 3. The monoisotopic (exact) mass is 375 g/mol. The van der Waals surface area contributed by atoms with Crippen LogP contribution in [0.25, 0.3) is 10.2 Å². The van der Waals surface area contributed by atoms with Gasteiger partial charge in [0.1, 0.15) is 6.54 Å². The van der Waals surface area contributed by atoms with Crippen LogP contribution in [0.2, 0.25) is 5.02 Å². The molecule has 128 valence electrons. The van der Waals surface area contributed by atoms with Crippen molar-refractivity contribution in [1.82, 2.24) is 9.88 Å². The summed E-state index contributed by atoms with van der Waals surface area (Å²) >= 11 is 7.24. The molecular weight excluding hydrogens is 362 g/mol. The second-order valence-electron chi connectivity index (χ2n) is 6.10. The van der Waals surface area contributed by atoms with Crippen LogP contribution in [-0.2, 0) is 14.4 Å². The summed E-state index contributed by atoms with van der Waals surface area (Å²) in [6, 6.07) is 5.27. The zero-order valence-corrected chi connectivity index (χ0v) is 14.6. The molecule has 1 N–H and O–H groups in total. The summed E-state index contributed by atoms with van der Waals surface area (Å²) in [6.45, 7) is -0.276. The normalized spacial score (nSPS) is 22.5. The average Bonchev–Trinajstić information content (AvgIpc) is 3.09. The number of anilines is 1. The highest BCUT2D eigenvalue weighted by molar-refractivity contribution is 7.22. The smallest absolute Gasteiger partial charge is 0.246 e. The molecule has 3 amide bonds. The van der Waals surface area contributed by atoms with Gasteiger partial charge in [-0.05, 0) is 31.0 Å². The minimum absolute atomic E-state index is 0.259. The fraction of sp³-hybridized carbons (Fsp3) is 0.294. The fourth-order valence-electron chi connectivity index (χ4n) is 3.28. The summed E-state index contributed by atoms with van der Waals surface area (Å²) in [7, 11) is 0. The molecule has 4 rings (SSSR count). The van der Waals surface area contributed by atoms with Gasteiger partial charge in [-0.2, -0.15) is 0 Å². The number of nitrogens with one attached hydrogen (secondary N) is 1. The van der Waals surface area contributed by atoms with Gasteiger partial charge in [0.05, 0.1) is 22.1 Å². The number of imide groups is 1. The Morgan fingerprint density at radius 3 is 2.60 bits per heavy atom. The summed E-state index contributed by atoms with van der Waals surface area (Å²) in [5.41, 5.74) is 0.732. The molecular formula is C17H14ClN3O3S. The maximum atomic E-state index is 12.4. The van der Waals surface area contributed by atoms with Crippen LogP contribution in [0.3, 0.4) is 0 Å². The maximum Gasteiger partial charge on any atom is 0.246 e. The lowest BCUT2D eigenvalue weighted by atomic mass is 9.85. The molecule has 0 radical (unpaired) electrons. The molecule has 25 heavy (non-hydrogen) atoms. The standard InChI is InChI=1S/C17H14ClN3O3S/c18-9-5-6-12-13(7-9)25-17(19-12)20-14(22)8-21-15(23)10-3-1-2-4-11(10)16(21)24/h1-2,5-7,10-11H,3-4,8H2,(H,19,20,22)/t10-,11-/m1/s1. The van der Waals surface area contributed by atoms with Crippen molar-refractivity contribution in [3.8, 4) is 0 Å². The summed E-state index contributed by atoms with van der Waals surface area (Å²) in [5, 5.41) is 3.68. The van der Waals surface area contributed by atoms with Crippen molar-refractivity contribution in [2.45, 2.75) is 12.8 Å². The molecule has 6 nitrogen and oxygen atoms in total. The summed E-state index contributed by atoms with van der Waals surface area (Å²) in [6.07, 6.45) is 4.96. The van der Waals surface area contributed by atoms with Gasteiger partial charge in [0.2, 0.25) is 17.7 Å². The van der Waals surface area contributed by atoms with Gasteiger partial charge in [0, 0.05) is 5.02 Å². The number of carbonyl (C=O) groups is 3. The number of aromatic nitrogens is 1. The molecule has 1 aromatic carbocycles. The lowest BCUT2D eigenvalue weighted by Crippen LogP contribution is -2.38. The number of thiazole rings is 1. The first-order valence-electron chi connectivity index (χ1n) is 7.89. The molecule has 2 aliphatic rings. The van der Waals surface area contributed by atoms with Crippen LogP contribution in [0, 0.1) is 11.8 Å². The van der Waals surface area contributed by atoms with Crippen molar-refractivity contribution in [2.24, 2.45) is 11.8 Å². The van der Waals surface area contributed by atoms with Gasteiger partial charge in [0.25, 0.3) is 0 Å². The van der Waals surface area contributed by atoms with E-state index in [-0.39, 0.29) is 30.2 Å². The van der Waals surface area contributed by atoms with Crippen molar-refractivity contribution < 1.29 is 14.4 Å². The number of allylic oxidation sites excluding steroid dienone is 2. The van der Waals surface area contributed by atoms with Gasteiger partial charge < -0.3 is 5.32 Å². The van der Waals surface area contributed by atoms with Crippen molar-refractivity contribution in [3.63, 3.8) is 0 Å². The number of nitrogens with zero attached hydrogens (tertiary/aromatic N) is 2. The minimum Gasteiger partial charge on any atom is -0.300 e. The van der Waals surface area contributed by atoms with Gasteiger partial charge in [-0.25, -0.2) is 4.98 Å². The molecule has 1 aliphatic carbocycles. The summed E-state index contributed by atoms with van der Waals surface area (Å²) in [4.78, 5) is 42.4. The second kappa shape index (κ2) is 6.24. The maximum absolute atomic E-state index is 12.4. The average molecular weight is 376 g/mol. The van der Waals surface area contributed by atoms with Crippen molar-refractivity contribution in [1.29, 1.82) is 0 Å². The fourth-order valence-corrected chi connectivity index (χ4v) is 4.44. The molecule has 8 heteroatoms. The van der Waals surface area contributed by atoms with Gasteiger partial charge in [-0.3, -0.25) is 19.3 Å². The highest BCUT2D eigenvalue weighted by atomic mass is 35.5. The predicted octanol–water partition coefficient (Wildman–Crippen LogP) is 2.84. The van der Waals surface area contributed by atoms with Crippen molar-refractivity contribution in [3.05, 3.63) is 35.4 Å². The predicted molar refractivity (Wildman–Crippen MR) is 95.3 cm³/mol. The third-order valence-electron chi connectivity index (χ3n) is 4.50. The first-order valence-corrected chi connectivity index (χ1v) is 9.08. The molecule has 0 saturated carbocycles. The van der Waals surface area contributed by atoms with Crippen LogP contribution in [0.4, 0.5) is 5.13 Å². The van der Waals surface area contributed by atoms with E-state index in [9.17, 15) is 14.4 Å². The molecule has 1 fully saturated rings. The van der Waals surface area contributed by atoms with Crippen LogP contribution < -0.4 is 5.32 Å². The zero-order valence-electron chi connectivity index (χ0n) is 13.1. The quantitative estimate of drug-likeness (QED) is 0.660. The number of likely N-dealkylation sites (tertiary alicyclic amines) is 1. The van der Waals surface area contributed by atoms with Crippen LogP contribution >= 0.6 is 22.9 Å². The van der Waals surface area contributed by atoms with E-state index in [0.717, 1.165) is 15.1 Å². The van der Waals surface area contributed by atoms with Gasteiger partial charge in [-0.1, -0.05) is 35.1 Å². The van der Waals surface area contributed by atoms with Crippen LogP contribution in [0.5, 0.6) is 0 Å². The molecule has 1 aromatic heterocycles. The van der Waals surface area contributed by atoms with Crippen molar-refractivity contribution >= 4 is 56.0 Å². The Balaban J connectivity index is 1.46. The molecule has 2 aromatic rings. The van der Waals surface area contributed by atoms with E-state index in [1.807, 2.05) is 12.2 Å². The highest BCUT2D eigenvalue weighted by Gasteiger charge is 2.47. The van der Waals surface area contributed by atoms with E-state index >= 15 is 0 Å². The molecule has 0 unspecified atom stereocenters. The van der Waals surface area contributed by atoms with E-state index in [2.05, 4.69) is 10.3 Å². The summed E-state index contributed by atoms with van der Waals surface area (Å²) < 4.78 is 0.855. The number of carbonyl (C=O) groups excluding carboxylic acids is 3. The molecule has 0 spiro atoms. The Labute approximate surface area is 152 Å². The Morgan fingerprint density at radius 1 is 1.24 bits per heavy atom. The van der Waals surface area contributed by atoms with Crippen LogP contribution in [0.1, 0.15) is 12.8 Å². The summed E-state index contributed by atoms with van der Waals surface area (Å²) in [5.74, 6) is -1.60. The number of benzene rings is 1. The number of halogens is 1. The van der Waals surface area contributed by atoms with E-state index in [0.29, 0.717) is 23.0 Å². The topological polar surface area (TPSA) is 79.4 Å². The number of hydrogen-bond donors (Lipinski definition) is 1. The number of rotatable bonds is 3. The minimum atomic E-state index is -0.432. The molecule has 2 atom stereocenters. The number of fused-ring (bicyclic) bond motifs is 2. The SMILES string of the molecule is O=C(CN1C(=O)[C@@H]2CC=CC[C@H]2C1=O)Nc1nc2ccc(Cl)cc2s1. The van der Waals surface area contributed by atoms with Gasteiger partial charge >= 0.3 is 0 Å². The van der Waals surface area contributed by atoms with E-state index < -0.39 is 5.91 Å². The molecule has 1 saturated heterocycles. The number of hydrogen-bond acceptors (Lipinski definition) is 5. The van der Waals surface area contributed by atoms with Gasteiger partial charge in [-0.15, -0.1) is 0 Å². The lowest BCUT2D eigenvalue weighted by molar-refractivity contribution is -0.142. The highest BCUT2D eigenvalue weighted by Crippen LogP contribution is 2.35. The van der Waals surface area contributed by atoms with Crippen LogP contribution in [0.15, 0.2) is 30.4 Å². The van der Waals surface area contributed by atoms with E-state index in [1.165, 1.54) is 11.3 Å². The first-order chi connectivity index (χ1) is 12.0. The van der Waals surface area contributed by atoms with Gasteiger partial charge in [0.15, 0.2) is 5.13 Å². The molecule has 1 aliphatic heterocycles. The second-order valence-corrected chi connectivity index (χ2v) is 7.56. The molecule has 0 bridgehead atoms. The third kappa shape index (κ3) is 2.94. The van der Waals surface area contributed by atoms with Crippen LogP contribution in [-0.4, -0.2) is 34.2 Å². The molecule has 2 heterocycles. The van der Waals surface area contributed by atoms with E-state index in [1.54, 1.807) is 18.2 Å². The zero-order chi connectivity index (χ0) is 17.6. The largest absolute Gasteiger partial charge is 0.300 e.